The van der Waals surface area contributed by atoms with E-state index in [1.165, 1.54) is 11.1 Å². The van der Waals surface area contributed by atoms with Crippen molar-refractivity contribution in [3.05, 3.63) is 66.0 Å². The molecule has 106 valence electrons. The van der Waals surface area contributed by atoms with Crippen molar-refractivity contribution in [1.82, 2.24) is 9.55 Å². The molecule has 0 spiro atoms. The SMILES string of the molecule is CC(C)Cn1c(C=Cc2ccccc2)nc2ccccc21. The van der Waals surface area contributed by atoms with Crippen LogP contribution >= 0.6 is 0 Å². The van der Waals surface area contributed by atoms with Crippen LogP contribution in [0, 0.1) is 5.92 Å². The van der Waals surface area contributed by atoms with Crippen molar-refractivity contribution in [2.75, 3.05) is 0 Å². The van der Waals surface area contributed by atoms with Gasteiger partial charge in [-0.05, 0) is 29.7 Å². The number of rotatable bonds is 4. The number of para-hydroxylation sites is 2. The third kappa shape index (κ3) is 3.05. The van der Waals surface area contributed by atoms with E-state index < -0.39 is 0 Å². The Morgan fingerprint density at radius 3 is 2.43 bits per heavy atom. The van der Waals surface area contributed by atoms with Crippen LogP contribution in [0.5, 0.6) is 0 Å². The van der Waals surface area contributed by atoms with Gasteiger partial charge in [0.05, 0.1) is 11.0 Å². The van der Waals surface area contributed by atoms with E-state index in [0.717, 1.165) is 17.9 Å². The van der Waals surface area contributed by atoms with E-state index in [1.807, 2.05) is 12.1 Å². The van der Waals surface area contributed by atoms with Gasteiger partial charge in [-0.3, -0.25) is 0 Å². The average molecular weight is 276 g/mol. The van der Waals surface area contributed by atoms with Crippen molar-refractivity contribution in [3.8, 4) is 0 Å². The van der Waals surface area contributed by atoms with Crippen molar-refractivity contribution in [3.63, 3.8) is 0 Å². The van der Waals surface area contributed by atoms with Gasteiger partial charge in [-0.1, -0.05) is 62.4 Å². The summed E-state index contributed by atoms with van der Waals surface area (Å²) < 4.78 is 2.30. The van der Waals surface area contributed by atoms with Crippen molar-refractivity contribution in [1.29, 1.82) is 0 Å². The third-order valence-electron chi connectivity index (χ3n) is 3.46. The number of imidazole rings is 1. The predicted octanol–water partition coefficient (Wildman–Crippen LogP) is 4.86. The zero-order valence-electron chi connectivity index (χ0n) is 12.5. The first-order valence-corrected chi connectivity index (χ1v) is 7.42. The molecule has 0 saturated heterocycles. The fraction of sp³-hybridized carbons (Fsp3) is 0.211. The first-order valence-electron chi connectivity index (χ1n) is 7.42. The highest BCUT2D eigenvalue weighted by Gasteiger charge is 2.09. The molecule has 0 radical (unpaired) electrons. The Hall–Kier alpha value is -2.35. The number of aromatic nitrogens is 2. The number of nitrogens with zero attached hydrogens (tertiary/aromatic N) is 2. The molecule has 0 aliphatic carbocycles. The summed E-state index contributed by atoms with van der Waals surface area (Å²) in [5.41, 5.74) is 3.46. The second kappa shape index (κ2) is 5.96. The molecule has 2 heteroatoms. The Bertz CT molecular complexity index is 752. The van der Waals surface area contributed by atoms with Crippen molar-refractivity contribution in [2.45, 2.75) is 20.4 Å². The molecule has 21 heavy (non-hydrogen) atoms. The van der Waals surface area contributed by atoms with Crippen LogP contribution in [0.1, 0.15) is 25.2 Å². The van der Waals surface area contributed by atoms with E-state index in [2.05, 4.69) is 73.0 Å². The fourth-order valence-electron chi connectivity index (χ4n) is 2.51. The standard InChI is InChI=1S/C19H20N2/c1-15(2)14-21-18-11-7-6-10-17(18)20-19(21)13-12-16-8-4-3-5-9-16/h3-13,15H,14H2,1-2H3. The summed E-state index contributed by atoms with van der Waals surface area (Å²) in [6.07, 6.45) is 4.23. The van der Waals surface area contributed by atoms with Gasteiger partial charge in [0.15, 0.2) is 0 Å². The minimum atomic E-state index is 0.589. The van der Waals surface area contributed by atoms with Gasteiger partial charge >= 0.3 is 0 Å². The average Bonchev–Trinajstić information content (AvgIpc) is 2.84. The minimum absolute atomic E-state index is 0.589. The van der Waals surface area contributed by atoms with Crippen LogP contribution in [0.3, 0.4) is 0 Å². The molecule has 0 unspecified atom stereocenters. The van der Waals surface area contributed by atoms with Gasteiger partial charge in [0.25, 0.3) is 0 Å². The molecule has 0 fully saturated rings. The van der Waals surface area contributed by atoms with Crippen LogP contribution in [-0.2, 0) is 6.54 Å². The number of hydrogen-bond acceptors (Lipinski definition) is 1. The molecule has 0 aliphatic heterocycles. The van der Waals surface area contributed by atoms with Crippen molar-refractivity contribution >= 4 is 23.2 Å². The Labute approximate surface area is 125 Å². The molecule has 0 aliphatic rings. The van der Waals surface area contributed by atoms with Gasteiger partial charge < -0.3 is 4.57 Å². The Morgan fingerprint density at radius 2 is 1.67 bits per heavy atom. The Kier molecular flexibility index (Phi) is 3.87. The summed E-state index contributed by atoms with van der Waals surface area (Å²) in [5.74, 6) is 1.61. The summed E-state index contributed by atoms with van der Waals surface area (Å²) in [7, 11) is 0. The van der Waals surface area contributed by atoms with Crippen LogP contribution in [0.4, 0.5) is 0 Å². The third-order valence-corrected chi connectivity index (χ3v) is 3.46. The van der Waals surface area contributed by atoms with Crippen molar-refractivity contribution < 1.29 is 0 Å². The highest BCUT2D eigenvalue weighted by Crippen LogP contribution is 2.19. The molecule has 1 aromatic heterocycles. The van der Waals surface area contributed by atoms with Gasteiger partial charge in [0.1, 0.15) is 5.82 Å². The molecule has 0 amide bonds. The first-order chi connectivity index (χ1) is 10.2. The maximum atomic E-state index is 4.76. The van der Waals surface area contributed by atoms with Gasteiger partial charge in [0.2, 0.25) is 0 Å². The maximum Gasteiger partial charge on any atom is 0.133 e. The molecule has 0 bridgehead atoms. The van der Waals surface area contributed by atoms with E-state index in [4.69, 9.17) is 4.98 Å². The second-order valence-corrected chi connectivity index (χ2v) is 5.71. The monoisotopic (exact) mass is 276 g/mol. The zero-order valence-corrected chi connectivity index (χ0v) is 12.5. The fourth-order valence-corrected chi connectivity index (χ4v) is 2.51. The van der Waals surface area contributed by atoms with Crippen LogP contribution in [-0.4, -0.2) is 9.55 Å². The zero-order chi connectivity index (χ0) is 14.7. The van der Waals surface area contributed by atoms with Gasteiger partial charge in [-0.2, -0.15) is 0 Å². The van der Waals surface area contributed by atoms with E-state index >= 15 is 0 Å². The molecule has 3 aromatic rings. The predicted molar refractivity (Wildman–Crippen MR) is 89.9 cm³/mol. The van der Waals surface area contributed by atoms with Crippen molar-refractivity contribution in [2.24, 2.45) is 5.92 Å². The number of hydrogen-bond donors (Lipinski definition) is 0. The topological polar surface area (TPSA) is 17.8 Å². The molecule has 0 N–H and O–H groups in total. The largest absolute Gasteiger partial charge is 0.324 e. The lowest BCUT2D eigenvalue weighted by Gasteiger charge is -2.09. The lowest BCUT2D eigenvalue weighted by Crippen LogP contribution is -2.06. The van der Waals surface area contributed by atoms with E-state index in [-0.39, 0.29) is 0 Å². The second-order valence-electron chi connectivity index (χ2n) is 5.71. The molecule has 0 atom stereocenters. The molecule has 2 aromatic carbocycles. The summed E-state index contributed by atoms with van der Waals surface area (Å²) >= 11 is 0. The maximum absolute atomic E-state index is 4.76. The Balaban J connectivity index is 2.02. The first kappa shape index (κ1) is 13.6. The molecule has 1 heterocycles. The van der Waals surface area contributed by atoms with Crippen LogP contribution in [0.25, 0.3) is 23.2 Å². The number of benzene rings is 2. The molecule has 0 saturated carbocycles. The van der Waals surface area contributed by atoms with Gasteiger partial charge in [-0.15, -0.1) is 0 Å². The smallest absolute Gasteiger partial charge is 0.133 e. The van der Waals surface area contributed by atoms with Crippen LogP contribution < -0.4 is 0 Å². The lowest BCUT2D eigenvalue weighted by atomic mass is 10.2. The molecule has 3 rings (SSSR count). The normalized spacial score (nSPS) is 11.8. The number of fused-ring (bicyclic) bond motifs is 1. The van der Waals surface area contributed by atoms with Crippen LogP contribution in [0.15, 0.2) is 54.6 Å². The minimum Gasteiger partial charge on any atom is -0.324 e. The summed E-state index contributed by atoms with van der Waals surface area (Å²) in [6, 6.07) is 18.7. The Morgan fingerprint density at radius 1 is 0.952 bits per heavy atom. The quantitative estimate of drug-likeness (QED) is 0.665. The van der Waals surface area contributed by atoms with Crippen LogP contribution in [0.2, 0.25) is 0 Å². The van der Waals surface area contributed by atoms with E-state index in [9.17, 15) is 0 Å². The van der Waals surface area contributed by atoms with Gasteiger partial charge in [0, 0.05) is 6.54 Å². The molecular formula is C19H20N2. The van der Waals surface area contributed by atoms with E-state index in [1.54, 1.807) is 0 Å². The lowest BCUT2D eigenvalue weighted by molar-refractivity contribution is 0.530. The summed E-state index contributed by atoms with van der Waals surface area (Å²) in [5, 5.41) is 0. The highest BCUT2D eigenvalue weighted by atomic mass is 15.1. The van der Waals surface area contributed by atoms with Gasteiger partial charge in [-0.25, -0.2) is 4.98 Å². The molecule has 2 nitrogen and oxygen atoms in total. The highest BCUT2D eigenvalue weighted by molar-refractivity contribution is 5.79. The molecular weight excluding hydrogens is 256 g/mol. The van der Waals surface area contributed by atoms with E-state index in [0.29, 0.717) is 5.92 Å². The summed E-state index contributed by atoms with van der Waals surface area (Å²) in [6.45, 7) is 5.45. The summed E-state index contributed by atoms with van der Waals surface area (Å²) in [4.78, 5) is 4.76.